The zero-order valence-corrected chi connectivity index (χ0v) is 17.2. The third kappa shape index (κ3) is 3.89. The lowest BCUT2D eigenvalue weighted by Crippen LogP contribution is -2.23. The van der Waals surface area contributed by atoms with Crippen LogP contribution in [0.4, 0.5) is 0 Å². The van der Waals surface area contributed by atoms with Gasteiger partial charge in [-0.15, -0.1) is 0 Å². The van der Waals surface area contributed by atoms with Crippen LogP contribution in [0.1, 0.15) is 61.8 Å². The molecule has 7 nitrogen and oxygen atoms in total. The van der Waals surface area contributed by atoms with Crippen molar-refractivity contribution in [2.75, 3.05) is 13.1 Å². The number of hydrazone groups is 1. The highest BCUT2D eigenvalue weighted by Crippen LogP contribution is 2.30. The van der Waals surface area contributed by atoms with E-state index in [4.69, 9.17) is 0 Å². The lowest BCUT2D eigenvalue weighted by Gasteiger charge is -2.20. The minimum atomic E-state index is -0.229. The number of aromatic amines is 1. The largest absolute Gasteiger partial charge is 0.359 e. The normalized spacial score (nSPS) is 15.6. The Kier molecular flexibility index (Phi) is 6.04. The summed E-state index contributed by atoms with van der Waals surface area (Å²) in [4.78, 5) is 26.7. The molecule has 2 N–H and O–H groups in total. The van der Waals surface area contributed by atoms with Crippen LogP contribution in [0, 0.1) is 6.92 Å². The molecule has 148 valence electrons. The predicted molar refractivity (Wildman–Crippen MR) is 111 cm³/mol. The summed E-state index contributed by atoms with van der Waals surface area (Å²) in [6, 6.07) is 0. The van der Waals surface area contributed by atoms with Crippen molar-refractivity contribution in [1.29, 1.82) is 0 Å². The number of carbonyl (C=O) groups is 1. The predicted octanol–water partition coefficient (Wildman–Crippen LogP) is 3.00. The third-order valence-electron chi connectivity index (χ3n) is 5.11. The van der Waals surface area contributed by atoms with Gasteiger partial charge in [-0.2, -0.15) is 5.10 Å². The van der Waals surface area contributed by atoms with Gasteiger partial charge in [0, 0.05) is 30.3 Å². The van der Waals surface area contributed by atoms with Crippen molar-refractivity contribution in [3.05, 3.63) is 52.4 Å². The molecule has 0 bridgehead atoms. The molecule has 1 aliphatic heterocycles. The van der Waals surface area contributed by atoms with Crippen molar-refractivity contribution >= 4 is 17.7 Å². The van der Waals surface area contributed by atoms with Gasteiger partial charge in [0.15, 0.2) is 0 Å². The van der Waals surface area contributed by atoms with E-state index in [2.05, 4.69) is 65.0 Å². The molecule has 3 rings (SSSR count). The Labute approximate surface area is 166 Å². The third-order valence-corrected chi connectivity index (χ3v) is 5.11. The van der Waals surface area contributed by atoms with E-state index in [1.54, 1.807) is 18.6 Å². The fourth-order valence-electron chi connectivity index (χ4n) is 3.59. The molecule has 1 amide bonds. The molecule has 0 aromatic carbocycles. The lowest BCUT2D eigenvalue weighted by molar-refractivity contribution is -0.116. The van der Waals surface area contributed by atoms with Crippen molar-refractivity contribution < 1.29 is 4.79 Å². The van der Waals surface area contributed by atoms with Gasteiger partial charge in [0.05, 0.1) is 11.8 Å². The van der Waals surface area contributed by atoms with E-state index in [1.165, 1.54) is 11.1 Å². The molecule has 0 saturated heterocycles. The summed E-state index contributed by atoms with van der Waals surface area (Å²) in [5.74, 6) is 0.0941. The number of hydrogen-bond acceptors (Lipinski definition) is 5. The molecule has 2 aromatic rings. The number of nitrogens with zero attached hydrogens (tertiary/aromatic N) is 4. The van der Waals surface area contributed by atoms with E-state index < -0.39 is 0 Å². The summed E-state index contributed by atoms with van der Waals surface area (Å²) in [6.45, 7) is 13.7. The van der Waals surface area contributed by atoms with Crippen LogP contribution in [0.5, 0.6) is 0 Å². The van der Waals surface area contributed by atoms with E-state index >= 15 is 0 Å². The van der Waals surface area contributed by atoms with Gasteiger partial charge in [0.25, 0.3) is 5.91 Å². The first-order valence-corrected chi connectivity index (χ1v) is 9.76. The number of hydrogen-bond donors (Lipinski definition) is 2. The standard InChI is InChI=1S/C21H28N6O/c1-6-27(7-2)12-16-14(5)24-17(19(16)13(3)4)10-15-20(25-26-21(15)28)18-11-22-8-9-23-18/h8-11,13,24H,6-7,12H2,1-5H3,(H,26,28). The molecule has 0 unspecified atom stereocenters. The van der Waals surface area contributed by atoms with Crippen LogP contribution in [0.3, 0.4) is 0 Å². The second-order valence-corrected chi connectivity index (χ2v) is 7.22. The summed E-state index contributed by atoms with van der Waals surface area (Å²) in [6.07, 6.45) is 6.70. The Bertz CT molecular complexity index is 906. The number of nitrogens with one attached hydrogen (secondary N) is 2. The molecular formula is C21H28N6O. The fraction of sp³-hybridized carbons (Fsp3) is 0.429. The molecule has 0 saturated carbocycles. The number of aromatic nitrogens is 3. The summed E-state index contributed by atoms with van der Waals surface area (Å²) >= 11 is 0. The molecule has 0 aliphatic carbocycles. The Morgan fingerprint density at radius 2 is 1.96 bits per heavy atom. The average molecular weight is 380 g/mol. The second kappa shape index (κ2) is 8.48. The average Bonchev–Trinajstić information content (AvgIpc) is 3.20. The molecule has 3 heterocycles. The molecule has 0 fully saturated rings. The van der Waals surface area contributed by atoms with Crippen molar-refractivity contribution in [3.63, 3.8) is 0 Å². The Morgan fingerprint density at radius 1 is 1.21 bits per heavy atom. The number of rotatable bonds is 7. The van der Waals surface area contributed by atoms with Crippen molar-refractivity contribution in [2.24, 2.45) is 5.10 Å². The van der Waals surface area contributed by atoms with Gasteiger partial charge in [-0.3, -0.25) is 19.7 Å². The fourth-order valence-corrected chi connectivity index (χ4v) is 3.59. The first-order chi connectivity index (χ1) is 13.5. The highest BCUT2D eigenvalue weighted by atomic mass is 16.2. The maximum atomic E-state index is 12.4. The smallest absolute Gasteiger partial charge is 0.273 e. The van der Waals surface area contributed by atoms with Gasteiger partial charge >= 0.3 is 0 Å². The molecule has 0 spiro atoms. The highest BCUT2D eigenvalue weighted by Gasteiger charge is 2.27. The number of aryl methyl sites for hydroxylation is 1. The first kappa shape index (κ1) is 19.9. The van der Waals surface area contributed by atoms with Gasteiger partial charge in [0.2, 0.25) is 0 Å². The molecule has 0 radical (unpaired) electrons. The van der Waals surface area contributed by atoms with Crippen LogP contribution >= 0.6 is 0 Å². The Hall–Kier alpha value is -2.80. The minimum absolute atomic E-state index is 0.229. The number of H-pyrrole nitrogens is 1. The van der Waals surface area contributed by atoms with Crippen LogP contribution in [0.2, 0.25) is 0 Å². The summed E-state index contributed by atoms with van der Waals surface area (Å²) in [5.41, 5.74) is 8.79. The quantitative estimate of drug-likeness (QED) is 0.723. The summed E-state index contributed by atoms with van der Waals surface area (Å²) in [5, 5.41) is 4.17. The van der Waals surface area contributed by atoms with Crippen LogP contribution in [0.25, 0.3) is 6.08 Å². The van der Waals surface area contributed by atoms with Gasteiger partial charge in [0.1, 0.15) is 11.4 Å². The maximum absolute atomic E-state index is 12.4. The van der Waals surface area contributed by atoms with E-state index in [1.807, 2.05) is 6.08 Å². The number of amides is 1. The lowest BCUT2D eigenvalue weighted by atomic mass is 9.95. The van der Waals surface area contributed by atoms with Gasteiger partial charge in [-0.05, 0) is 43.1 Å². The Morgan fingerprint density at radius 3 is 2.57 bits per heavy atom. The first-order valence-electron chi connectivity index (χ1n) is 9.76. The van der Waals surface area contributed by atoms with Crippen LogP contribution in [-0.2, 0) is 11.3 Å². The molecule has 1 aliphatic rings. The molecule has 0 atom stereocenters. The van der Waals surface area contributed by atoms with Crippen molar-refractivity contribution in [3.8, 4) is 0 Å². The Balaban J connectivity index is 2.05. The van der Waals surface area contributed by atoms with Gasteiger partial charge in [-0.1, -0.05) is 27.7 Å². The van der Waals surface area contributed by atoms with E-state index in [9.17, 15) is 4.79 Å². The van der Waals surface area contributed by atoms with Gasteiger partial charge in [-0.25, -0.2) is 5.43 Å². The summed E-state index contributed by atoms with van der Waals surface area (Å²) in [7, 11) is 0. The highest BCUT2D eigenvalue weighted by molar-refractivity contribution is 6.32. The molecule has 2 aromatic heterocycles. The SMILES string of the molecule is CCN(CC)Cc1c(C)[nH]c(C=C2C(=O)NN=C2c2cnccn2)c1C(C)C. The van der Waals surface area contributed by atoms with Crippen LogP contribution in [-0.4, -0.2) is 44.6 Å². The van der Waals surface area contributed by atoms with E-state index in [0.29, 0.717) is 22.9 Å². The van der Waals surface area contributed by atoms with Crippen LogP contribution < -0.4 is 5.43 Å². The monoisotopic (exact) mass is 380 g/mol. The van der Waals surface area contributed by atoms with Crippen LogP contribution in [0.15, 0.2) is 29.3 Å². The summed E-state index contributed by atoms with van der Waals surface area (Å²) < 4.78 is 0. The van der Waals surface area contributed by atoms with Crippen molar-refractivity contribution in [1.82, 2.24) is 25.3 Å². The molecule has 28 heavy (non-hydrogen) atoms. The number of carbonyl (C=O) groups excluding carboxylic acids is 1. The molecular weight excluding hydrogens is 352 g/mol. The maximum Gasteiger partial charge on any atom is 0.273 e. The second-order valence-electron chi connectivity index (χ2n) is 7.22. The zero-order chi connectivity index (χ0) is 20.3. The minimum Gasteiger partial charge on any atom is -0.359 e. The topological polar surface area (TPSA) is 86.3 Å². The van der Waals surface area contributed by atoms with E-state index in [0.717, 1.165) is 31.0 Å². The van der Waals surface area contributed by atoms with Crippen molar-refractivity contribution in [2.45, 2.75) is 47.1 Å². The van der Waals surface area contributed by atoms with E-state index in [-0.39, 0.29) is 5.91 Å². The molecule has 7 heteroatoms. The van der Waals surface area contributed by atoms with Gasteiger partial charge < -0.3 is 4.98 Å². The zero-order valence-electron chi connectivity index (χ0n) is 17.2.